The van der Waals surface area contributed by atoms with Crippen LogP contribution in [-0.4, -0.2) is 17.3 Å². The van der Waals surface area contributed by atoms with E-state index in [4.69, 9.17) is 20.8 Å². The van der Waals surface area contributed by atoms with Crippen molar-refractivity contribution in [1.29, 1.82) is 0 Å². The number of hydrogen-bond donors (Lipinski definition) is 1. The van der Waals surface area contributed by atoms with Crippen LogP contribution in [-0.2, 0) is 0 Å². The molecule has 0 aliphatic carbocycles. The fourth-order valence-corrected chi connectivity index (χ4v) is 3.28. The zero-order chi connectivity index (χ0) is 21.1. The molecule has 1 unspecified atom stereocenters. The molecule has 3 aromatic carbocycles. The first-order valence-electron chi connectivity index (χ1n) is 9.30. The van der Waals surface area contributed by atoms with Gasteiger partial charge in [0.15, 0.2) is 0 Å². The molecule has 1 heterocycles. The predicted molar refractivity (Wildman–Crippen MR) is 114 cm³/mol. The average molecular weight is 424 g/mol. The Labute approximate surface area is 178 Å². The van der Waals surface area contributed by atoms with E-state index in [0.717, 1.165) is 11.1 Å². The van der Waals surface area contributed by atoms with Crippen LogP contribution in [0.1, 0.15) is 23.1 Å². The van der Waals surface area contributed by atoms with E-state index in [-0.39, 0.29) is 11.7 Å². The van der Waals surface area contributed by atoms with Gasteiger partial charge in [-0.2, -0.15) is 0 Å². The minimum atomic E-state index is -0.731. The van der Waals surface area contributed by atoms with Crippen LogP contribution in [0.5, 0.6) is 5.75 Å². The van der Waals surface area contributed by atoms with Crippen LogP contribution in [0.2, 0.25) is 5.02 Å². The molecule has 0 saturated carbocycles. The van der Waals surface area contributed by atoms with E-state index in [1.807, 2.05) is 43.3 Å². The maximum absolute atomic E-state index is 14.7. The van der Waals surface area contributed by atoms with Crippen LogP contribution in [0.3, 0.4) is 0 Å². The van der Waals surface area contributed by atoms with Crippen molar-refractivity contribution in [3.05, 3.63) is 94.6 Å². The lowest BCUT2D eigenvalue weighted by molar-refractivity contribution is 0.415. The molecule has 30 heavy (non-hydrogen) atoms. The second-order valence-electron chi connectivity index (χ2n) is 6.71. The van der Waals surface area contributed by atoms with E-state index >= 15 is 0 Å². The fraction of sp³-hybridized carbons (Fsp3) is 0.130. The summed E-state index contributed by atoms with van der Waals surface area (Å²) < 4.78 is 26.1. The highest BCUT2D eigenvalue weighted by atomic mass is 35.5. The van der Waals surface area contributed by atoms with E-state index in [0.29, 0.717) is 27.9 Å². The van der Waals surface area contributed by atoms with Gasteiger partial charge < -0.3 is 14.5 Å². The third-order valence-corrected chi connectivity index (χ3v) is 5.11. The van der Waals surface area contributed by atoms with E-state index in [9.17, 15) is 4.39 Å². The summed E-state index contributed by atoms with van der Waals surface area (Å²) in [6, 6.07) is 18.7. The molecule has 0 saturated heterocycles. The summed E-state index contributed by atoms with van der Waals surface area (Å²) in [6.45, 7) is 1.88. The highest BCUT2D eigenvalue weighted by Gasteiger charge is 2.25. The maximum Gasteiger partial charge on any atom is 0.247 e. The van der Waals surface area contributed by atoms with Gasteiger partial charge in [0.2, 0.25) is 11.8 Å². The average Bonchev–Trinajstić information content (AvgIpc) is 3.25. The molecule has 0 radical (unpaired) electrons. The van der Waals surface area contributed by atoms with Crippen LogP contribution in [0.4, 0.5) is 10.1 Å². The molecule has 1 N–H and O–H groups in total. The van der Waals surface area contributed by atoms with Gasteiger partial charge in [-0.05, 0) is 36.8 Å². The topological polar surface area (TPSA) is 60.2 Å². The first-order chi connectivity index (χ1) is 14.6. The Balaban J connectivity index is 1.78. The number of nitrogens with one attached hydrogen (secondary N) is 1. The van der Waals surface area contributed by atoms with Gasteiger partial charge in [-0.15, -0.1) is 10.2 Å². The number of benzene rings is 3. The van der Waals surface area contributed by atoms with E-state index in [2.05, 4.69) is 15.5 Å². The molecule has 152 valence electrons. The maximum atomic E-state index is 14.7. The largest absolute Gasteiger partial charge is 0.495 e. The third-order valence-electron chi connectivity index (χ3n) is 4.71. The molecule has 4 aromatic rings. The zero-order valence-electron chi connectivity index (χ0n) is 16.4. The molecular formula is C23H19ClFN3O2. The summed E-state index contributed by atoms with van der Waals surface area (Å²) in [5, 5.41) is 12.2. The summed E-state index contributed by atoms with van der Waals surface area (Å²) >= 11 is 6.22. The fourth-order valence-electron chi connectivity index (χ4n) is 3.13. The van der Waals surface area contributed by atoms with Gasteiger partial charge in [-0.1, -0.05) is 48.0 Å². The van der Waals surface area contributed by atoms with Crippen LogP contribution >= 0.6 is 11.6 Å². The van der Waals surface area contributed by atoms with Gasteiger partial charge in [-0.25, -0.2) is 4.39 Å². The summed E-state index contributed by atoms with van der Waals surface area (Å²) in [4.78, 5) is 0. The number of rotatable bonds is 6. The van der Waals surface area contributed by atoms with Crippen LogP contribution in [0.15, 0.2) is 71.1 Å². The molecule has 0 spiro atoms. The van der Waals surface area contributed by atoms with Crippen molar-refractivity contribution in [3.63, 3.8) is 0 Å². The van der Waals surface area contributed by atoms with Crippen molar-refractivity contribution >= 4 is 17.3 Å². The molecule has 0 amide bonds. The second kappa shape index (κ2) is 8.55. The van der Waals surface area contributed by atoms with Crippen molar-refractivity contribution in [1.82, 2.24) is 10.2 Å². The highest BCUT2D eigenvalue weighted by Crippen LogP contribution is 2.36. The number of methoxy groups -OCH3 is 1. The zero-order valence-corrected chi connectivity index (χ0v) is 17.2. The van der Waals surface area contributed by atoms with Crippen molar-refractivity contribution in [2.45, 2.75) is 13.0 Å². The highest BCUT2D eigenvalue weighted by molar-refractivity contribution is 6.31. The number of halogens is 2. The summed E-state index contributed by atoms with van der Waals surface area (Å²) in [5.74, 6) is 0.718. The molecular weight excluding hydrogens is 405 g/mol. The molecule has 4 rings (SSSR count). The number of ether oxygens (including phenoxy) is 1. The van der Waals surface area contributed by atoms with Gasteiger partial charge in [0, 0.05) is 22.2 Å². The van der Waals surface area contributed by atoms with Crippen molar-refractivity contribution < 1.29 is 13.5 Å². The molecule has 1 aromatic heterocycles. The Morgan fingerprint density at radius 3 is 2.50 bits per heavy atom. The first kappa shape index (κ1) is 19.9. The number of anilines is 1. The molecule has 7 heteroatoms. The Bertz CT molecular complexity index is 1160. The summed E-state index contributed by atoms with van der Waals surface area (Å²) in [7, 11) is 1.55. The normalized spacial score (nSPS) is 11.9. The standard InChI is InChI=1S/C23H19ClFN3O2/c1-14-12-19(20(29-2)13-17(14)24)26-21(16-10-6-7-11-18(16)25)23-28-27-22(30-23)15-8-4-3-5-9-15/h3-13,21,26H,1-2H3. The number of nitrogens with zero attached hydrogens (tertiary/aromatic N) is 2. The molecule has 5 nitrogen and oxygen atoms in total. The minimum absolute atomic E-state index is 0.230. The Hall–Kier alpha value is -3.38. The number of aryl methyl sites for hydroxylation is 1. The first-order valence-corrected chi connectivity index (χ1v) is 9.68. The van der Waals surface area contributed by atoms with E-state index in [1.165, 1.54) is 6.07 Å². The molecule has 0 bridgehead atoms. The van der Waals surface area contributed by atoms with Crippen LogP contribution in [0, 0.1) is 12.7 Å². The lowest BCUT2D eigenvalue weighted by Crippen LogP contribution is -2.15. The monoisotopic (exact) mass is 423 g/mol. The van der Waals surface area contributed by atoms with E-state index < -0.39 is 6.04 Å². The Morgan fingerprint density at radius 1 is 1.03 bits per heavy atom. The Kier molecular flexibility index (Phi) is 5.68. The van der Waals surface area contributed by atoms with Gasteiger partial charge in [-0.3, -0.25) is 0 Å². The van der Waals surface area contributed by atoms with Gasteiger partial charge in [0.25, 0.3) is 0 Å². The van der Waals surface area contributed by atoms with Crippen LogP contribution < -0.4 is 10.1 Å². The van der Waals surface area contributed by atoms with Gasteiger partial charge >= 0.3 is 0 Å². The van der Waals surface area contributed by atoms with E-state index in [1.54, 1.807) is 31.4 Å². The quantitative estimate of drug-likeness (QED) is 0.409. The number of aromatic nitrogens is 2. The van der Waals surface area contributed by atoms with Gasteiger partial charge in [0.05, 0.1) is 12.8 Å². The lowest BCUT2D eigenvalue weighted by atomic mass is 10.1. The molecule has 0 fully saturated rings. The summed E-state index contributed by atoms with van der Waals surface area (Å²) in [5.41, 5.74) is 2.63. The smallest absolute Gasteiger partial charge is 0.247 e. The molecule has 0 aliphatic rings. The second-order valence-corrected chi connectivity index (χ2v) is 7.12. The SMILES string of the molecule is COc1cc(Cl)c(C)cc1NC(c1nnc(-c2ccccc2)o1)c1ccccc1F. The van der Waals surface area contributed by atoms with Crippen LogP contribution in [0.25, 0.3) is 11.5 Å². The minimum Gasteiger partial charge on any atom is -0.495 e. The predicted octanol–water partition coefficient (Wildman–Crippen LogP) is 6.05. The van der Waals surface area contributed by atoms with Gasteiger partial charge in [0.1, 0.15) is 17.6 Å². The van der Waals surface area contributed by atoms with Crippen molar-refractivity contribution in [2.24, 2.45) is 0 Å². The van der Waals surface area contributed by atoms with Crippen molar-refractivity contribution in [2.75, 3.05) is 12.4 Å². The molecule has 1 atom stereocenters. The third kappa shape index (κ3) is 4.00. The Morgan fingerprint density at radius 2 is 1.77 bits per heavy atom. The van der Waals surface area contributed by atoms with Crippen molar-refractivity contribution in [3.8, 4) is 17.2 Å². The summed E-state index contributed by atoms with van der Waals surface area (Å²) in [6.07, 6.45) is 0. The molecule has 0 aliphatic heterocycles. The lowest BCUT2D eigenvalue weighted by Gasteiger charge is -2.20. The number of hydrogen-bond acceptors (Lipinski definition) is 5.